The third kappa shape index (κ3) is 3.37. The predicted molar refractivity (Wildman–Crippen MR) is 69.2 cm³/mol. The molecule has 0 aliphatic heterocycles. The van der Waals surface area contributed by atoms with Gasteiger partial charge in [0.25, 0.3) is 0 Å². The van der Waals surface area contributed by atoms with Gasteiger partial charge < -0.3 is 10.1 Å². The van der Waals surface area contributed by atoms with Gasteiger partial charge >= 0.3 is 6.09 Å². The first-order chi connectivity index (χ1) is 7.23. The van der Waals surface area contributed by atoms with E-state index in [1.54, 1.807) is 5.20 Å². The lowest BCUT2D eigenvalue weighted by atomic mass is 10.3. The van der Waals surface area contributed by atoms with E-state index in [4.69, 9.17) is 4.74 Å². The minimum atomic E-state index is -1.19. The van der Waals surface area contributed by atoms with Crippen LogP contribution in [-0.4, -0.2) is 26.8 Å². The summed E-state index contributed by atoms with van der Waals surface area (Å²) in [4.78, 5) is 11.3. The fraction of sp³-hybridized carbons (Fsp3) is 0.750. The lowest BCUT2D eigenvalue weighted by Crippen LogP contribution is -2.31. The molecule has 0 bridgehead atoms. The Morgan fingerprint density at radius 2 is 2.00 bits per heavy atom. The van der Waals surface area contributed by atoms with Crippen LogP contribution in [0, 0.1) is 5.92 Å². The molecule has 0 heterocycles. The Hall–Kier alpha value is -0.773. The molecule has 1 N–H and O–H groups in total. The second-order valence-corrected chi connectivity index (χ2v) is 10.8. The van der Waals surface area contributed by atoms with Crippen molar-refractivity contribution in [3.05, 3.63) is 10.8 Å². The highest BCUT2D eigenvalue weighted by atomic mass is 28.3. The molecule has 0 radical (unpaired) electrons. The van der Waals surface area contributed by atoms with Crippen molar-refractivity contribution >= 4 is 14.2 Å². The summed E-state index contributed by atoms with van der Waals surface area (Å²) in [5.74, 6) is 0.435. The smallest absolute Gasteiger partial charge is 0.407 e. The van der Waals surface area contributed by atoms with E-state index in [1.807, 2.05) is 13.8 Å². The molecular formula is C12H23NO2Si. The molecule has 3 nitrogen and oxygen atoms in total. The number of amides is 1. The second-order valence-electron chi connectivity index (χ2n) is 5.80. The summed E-state index contributed by atoms with van der Waals surface area (Å²) in [7, 11) is -1.19. The Balaban J connectivity index is 2.31. The number of carbonyl (C=O) groups is 1. The van der Waals surface area contributed by atoms with Gasteiger partial charge in [0, 0.05) is 12.0 Å². The summed E-state index contributed by atoms with van der Waals surface area (Å²) in [6, 6.07) is 0.136. The highest BCUT2D eigenvalue weighted by molar-refractivity contribution is 6.84. The third-order valence-corrected chi connectivity index (χ3v) is 5.17. The minimum Gasteiger partial charge on any atom is -0.449 e. The molecule has 1 amide bonds. The molecule has 1 rings (SSSR count). The van der Waals surface area contributed by atoms with Crippen molar-refractivity contribution in [1.29, 1.82) is 0 Å². The second kappa shape index (κ2) is 4.61. The highest BCUT2D eigenvalue weighted by Gasteiger charge is 2.41. The Kier molecular flexibility index (Phi) is 3.83. The van der Waals surface area contributed by atoms with Gasteiger partial charge in [0.1, 0.15) is 6.61 Å². The molecule has 92 valence electrons. The number of hydrogen-bond donors (Lipinski definition) is 1. The molecule has 1 aliphatic rings. The molecule has 1 atom stereocenters. The van der Waals surface area contributed by atoms with Gasteiger partial charge in [-0.15, -0.1) is 0 Å². The van der Waals surface area contributed by atoms with Crippen LogP contribution < -0.4 is 5.32 Å². The van der Waals surface area contributed by atoms with Gasteiger partial charge in [-0.1, -0.05) is 30.4 Å². The molecule has 0 fully saturated rings. The van der Waals surface area contributed by atoms with Crippen molar-refractivity contribution in [3.63, 3.8) is 0 Å². The van der Waals surface area contributed by atoms with Gasteiger partial charge in [0.15, 0.2) is 0 Å². The molecule has 0 saturated carbocycles. The van der Waals surface area contributed by atoms with Crippen LogP contribution in [0.25, 0.3) is 0 Å². The largest absolute Gasteiger partial charge is 0.449 e. The highest BCUT2D eigenvalue weighted by Crippen LogP contribution is 2.44. The monoisotopic (exact) mass is 241 g/mol. The summed E-state index contributed by atoms with van der Waals surface area (Å²) in [6.45, 7) is 13.5. The van der Waals surface area contributed by atoms with E-state index in [1.165, 1.54) is 5.57 Å². The van der Waals surface area contributed by atoms with Crippen molar-refractivity contribution in [2.45, 2.75) is 46.5 Å². The lowest BCUT2D eigenvalue weighted by molar-refractivity contribution is 0.140. The number of nitrogens with one attached hydrogen (secondary N) is 1. The first-order valence-corrected chi connectivity index (χ1v) is 9.38. The Bertz CT molecular complexity index is 315. The van der Waals surface area contributed by atoms with Crippen LogP contribution >= 0.6 is 0 Å². The molecule has 4 heteroatoms. The molecule has 16 heavy (non-hydrogen) atoms. The Morgan fingerprint density at radius 1 is 1.44 bits per heavy atom. The summed E-state index contributed by atoms with van der Waals surface area (Å²) in [6.07, 6.45) is -0.301. The van der Waals surface area contributed by atoms with Crippen molar-refractivity contribution in [2.24, 2.45) is 5.92 Å². The fourth-order valence-corrected chi connectivity index (χ4v) is 4.78. The fourth-order valence-electron chi connectivity index (χ4n) is 2.15. The lowest BCUT2D eigenvalue weighted by Gasteiger charge is -2.14. The van der Waals surface area contributed by atoms with Gasteiger partial charge in [-0.2, -0.15) is 0 Å². The van der Waals surface area contributed by atoms with Crippen LogP contribution in [0.4, 0.5) is 4.79 Å². The Morgan fingerprint density at radius 3 is 2.38 bits per heavy atom. The summed E-state index contributed by atoms with van der Waals surface area (Å²) in [5, 5.41) is 4.30. The number of ether oxygens (including phenoxy) is 1. The normalized spacial score (nSPS) is 20.1. The molecule has 0 spiro atoms. The third-order valence-electron chi connectivity index (χ3n) is 2.81. The van der Waals surface area contributed by atoms with Crippen molar-refractivity contribution < 1.29 is 9.53 Å². The van der Waals surface area contributed by atoms with Crippen LogP contribution in [-0.2, 0) is 4.74 Å². The number of carbonyl (C=O) groups excluding carboxylic acids is 1. The molecule has 0 saturated heterocycles. The van der Waals surface area contributed by atoms with Crippen LogP contribution in [0.2, 0.25) is 19.6 Å². The van der Waals surface area contributed by atoms with E-state index in [0.29, 0.717) is 12.5 Å². The van der Waals surface area contributed by atoms with E-state index < -0.39 is 8.07 Å². The summed E-state index contributed by atoms with van der Waals surface area (Å²) in [5.41, 5.74) is 1.44. The first kappa shape index (κ1) is 13.3. The average Bonchev–Trinajstić information content (AvgIpc) is 2.71. The maximum atomic E-state index is 11.3. The predicted octanol–water partition coefficient (Wildman–Crippen LogP) is 2.94. The topological polar surface area (TPSA) is 38.3 Å². The van der Waals surface area contributed by atoms with E-state index in [-0.39, 0.29) is 12.1 Å². The molecule has 1 aliphatic carbocycles. The Labute approximate surface area is 99.3 Å². The zero-order chi connectivity index (χ0) is 12.5. The molecule has 0 aromatic carbocycles. The van der Waals surface area contributed by atoms with Crippen LogP contribution in [0.5, 0.6) is 0 Å². The maximum Gasteiger partial charge on any atom is 0.407 e. The minimum absolute atomic E-state index is 0.136. The quantitative estimate of drug-likeness (QED) is 0.769. The number of hydrogen-bond acceptors (Lipinski definition) is 2. The van der Waals surface area contributed by atoms with E-state index in [0.717, 1.165) is 0 Å². The van der Waals surface area contributed by atoms with E-state index >= 15 is 0 Å². The zero-order valence-corrected chi connectivity index (χ0v) is 12.2. The van der Waals surface area contributed by atoms with Gasteiger partial charge in [0.05, 0.1) is 8.07 Å². The first-order valence-electron chi connectivity index (χ1n) is 5.88. The SMILES string of the molecule is CC1=C([Si](C)(C)C)C1COC(=O)NC(C)C. The van der Waals surface area contributed by atoms with Crippen molar-refractivity contribution in [2.75, 3.05) is 6.61 Å². The van der Waals surface area contributed by atoms with Crippen molar-refractivity contribution in [1.82, 2.24) is 5.32 Å². The van der Waals surface area contributed by atoms with Crippen LogP contribution in [0.1, 0.15) is 20.8 Å². The maximum absolute atomic E-state index is 11.3. The molecule has 0 aromatic heterocycles. The average molecular weight is 241 g/mol. The van der Waals surface area contributed by atoms with E-state index in [9.17, 15) is 4.79 Å². The summed E-state index contributed by atoms with van der Waals surface area (Å²) < 4.78 is 5.20. The molecule has 1 unspecified atom stereocenters. The summed E-state index contributed by atoms with van der Waals surface area (Å²) >= 11 is 0. The molecular weight excluding hydrogens is 218 g/mol. The number of rotatable bonds is 4. The number of alkyl carbamates (subject to hydrolysis) is 1. The standard InChI is InChI=1S/C12H23NO2Si/c1-8(2)13-12(14)15-7-10-9(3)11(10)16(4,5)6/h8,10H,7H2,1-6H3,(H,13,14). The van der Waals surface area contributed by atoms with Gasteiger partial charge in [-0.25, -0.2) is 4.79 Å². The molecule has 0 aromatic rings. The van der Waals surface area contributed by atoms with Gasteiger partial charge in [0.2, 0.25) is 0 Å². The van der Waals surface area contributed by atoms with Gasteiger partial charge in [-0.3, -0.25) is 0 Å². The van der Waals surface area contributed by atoms with Crippen LogP contribution in [0.3, 0.4) is 0 Å². The van der Waals surface area contributed by atoms with Gasteiger partial charge in [-0.05, 0) is 20.8 Å². The van der Waals surface area contributed by atoms with E-state index in [2.05, 4.69) is 31.9 Å². The van der Waals surface area contributed by atoms with Crippen LogP contribution in [0.15, 0.2) is 10.8 Å². The van der Waals surface area contributed by atoms with Crippen molar-refractivity contribution in [3.8, 4) is 0 Å². The zero-order valence-electron chi connectivity index (χ0n) is 11.2.